The van der Waals surface area contributed by atoms with Crippen molar-refractivity contribution >= 4 is 11.3 Å². The first kappa shape index (κ1) is 7.76. The van der Waals surface area contributed by atoms with Crippen LogP contribution in [0.25, 0.3) is 0 Å². The first-order valence-electron chi connectivity index (χ1n) is 3.79. The number of hydrogen-bond acceptors (Lipinski definition) is 4. The Morgan fingerprint density at radius 2 is 2.67 bits per heavy atom. The zero-order valence-corrected chi connectivity index (χ0v) is 7.60. The fourth-order valence-corrected chi connectivity index (χ4v) is 1.85. The van der Waals surface area contributed by atoms with E-state index in [2.05, 4.69) is 22.5 Å². The van der Waals surface area contributed by atoms with Crippen molar-refractivity contribution in [1.29, 1.82) is 0 Å². The number of hydrogen-bond donors (Lipinski definition) is 1. The summed E-state index contributed by atoms with van der Waals surface area (Å²) in [5.41, 5.74) is 1.05. The Labute approximate surface area is 75.1 Å². The van der Waals surface area contributed by atoms with Crippen molar-refractivity contribution in [3.8, 4) is 5.19 Å². The Morgan fingerprint density at radius 3 is 3.25 bits per heavy atom. The lowest BCUT2D eigenvalue weighted by molar-refractivity contribution is 0.410. The molecule has 64 valence electrons. The number of methoxy groups -OCH3 is 1. The second-order valence-electron chi connectivity index (χ2n) is 2.56. The Balaban J connectivity index is 2.16. The molecule has 0 saturated heterocycles. The summed E-state index contributed by atoms with van der Waals surface area (Å²) in [4.78, 5) is 4.29. The third-order valence-corrected chi connectivity index (χ3v) is 2.60. The maximum absolute atomic E-state index is 5.01. The zero-order valence-electron chi connectivity index (χ0n) is 6.78. The van der Waals surface area contributed by atoms with E-state index in [1.165, 1.54) is 11.3 Å². The van der Waals surface area contributed by atoms with Crippen LogP contribution >= 0.6 is 11.3 Å². The fourth-order valence-electron chi connectivity index (χ4n) is 1.18. The van der Waals surface area contributed by atoms with Gasteiger partial charge in [-0.3, -0.25) is 0 Å². The maximum Gasteiger partial charge on any atom is 0.273 e. The van der Waals surface area contributed by atoms with Crippen LogP contribution in [0.5, 0.6) is 5.19 Å². The largest absolute Gasteiger partial charge is 0.473 e. The smallest absolute Gasteiger partial charge is 0.273 e. The van der Waals surface area contributed by atoms with Crippen LogP contribution in [0, 0.1) is 0 Å². The Hall–Kier alpha value is -0.870. The summed E-state index contributed by atoms with van der Waals surface area (Å²) < 4.78 is 5.01. The quantitative estimate of drug-likeness (QED) is 0.701. The normalized spacial score (nSPS) is 21.6. The predicted molar refractivity (Wildman–Crippen MR) is 48.5 cm³/mol. The number of aromatic nitrogens is 1. The summed E-state index contributed by atoms with van der Waals surface area (Å²) in [5.74, 6) is 0. The average Bonchev–Trinajstić information content (AvgIpc) is 2.75. The number of nitrogens with zero attached hydrogens (tertiary/aromatic N) is 1. The van der Waals surface area contributed by atoms with Crippen LogP contribution in [0.2, 0.25) is 0 Å². The van der Waals surface area contributed by atoms with Gasteiger partial charge < -0.3 is 10.1 Å². The Bertz CT molecular complexity index is 295. The Kier molecular flexibility index (Phi) is 2.10. The van der Waals surface area contributed by atoms with Gasteiger partial charge in [0.05, 0.1) is 18.8 Å². The van der Waals surface area contributed by atoms with E-state index < -0.39 is 0 Å². The molecule has 0 aliphatic carbocycles. The second-order valence-corrected chi connectivity index (χ2v) is 3.38. The van der Waals surface area contributed by atoms with E-state index in [1.54, 1.807) is 7.11 Å². The van der Waals surface area contributed by atoms with Crippen LogP contribution in [-0.4, -0.2) is 18.6 Å². The van der Waals surface area contributed by atoms with Crippen LogP contribution in [0.15, 0.2) is 17.5 Å². The minimum atomic E-state index is 0.283. The topological polar surface area (TPSA) is 34.1 Å². The number of rotatable bonds is 2. The standard InChI is InChI=1S/C8H10N2OS/c1-11-8-10-7(5-12-8)6-3-2-4-9-6/h2-3,5-6,9H,4H2,1H3. The molecule has 4 heteroatoms. The summed E-state index contributed by atoms with van der Waals surface area (Å²) in [6.45, 7) is 0.935. The minimum Gasteiger partial charge on any atom is -0.473 e. The maximum atomic E-state index is 5.01. The molecule has 1 aromatic heterocycles. The number of thiazole rings is 1. The van der Waals surface area contributed by atoms with Crippen molar-refractivity contribution in [3.05, 3.63) is 23.2 Å². The van der Waals surface area contributed by atoms with E-state index in [4.69, 9.17) is 4.74 Å². The van der Waals surface area contributed by atoms with E-state index in [0.717, 1.165) is 17.4 Å². The van der Waals surface area contributed by atoms with E-state index in [9.17, 15) is 0 Å². The molecular weight excluding hydrogens is 172 g/mol. The van der Waals surface area contributed by atoms with Gasteiger partial charge in [0.2, 0.25) is 0 Å². The highest BCUT2D eigenvalue weighted by molar-refractivity contribution is 7.11. The second kappa shape index (κ2) is 3.25. The van der Waals surface area contributed by atoms with Crippen LogP contribution in [0.3, 0.4) is 0 Å². The molecule has 2 heterocycles. The number of nitrogens with one attached hydrogen (secondary N) is 1. The van der Waals surface area contributed by atoms with E-state index in [1.807, 2.05) is 5.38 Å². The Morgan fingerprint density at radius 1 is 1.75 bits per heavy atom. The first-order chi connectivity index (χ1) is 5.90. The lowest BCUT2D eigenvalue weighted by atomic mass is 10.2. The molecule has 2 rings (SSSR count). The van der Waals surface area contributed by atoms with Gasteiger partial charge in [0.15, 0.2) is 0 Å². The van der Waals surface area contributed by atoms with Crippen LogP contribution < -0.4 is 10.1 Å². The highest BCUT2D eigenvalue weighted by atomic mass is 32.1. The molecule has 1 unspecified atom stereocenters. The summed E-state index contributed by atoms with van der Waals surface area (Å²) in [6, 6.07) is 0.283. The van der Waals surface area contributed by atoms with Crippen molar-refractivity contribution in [2.75, 3.05) is 13.7 Å². The van der Waals surface area contributed by atoms with E-state index in [-0.39, 0.29) is 6.04 Å². The SMILES string of the molecule is COc1nc(C2C=CCN2)cs1. The summed E-state index contributed by atoms with van der Waals surface area (Å²) >= 11 is 1.53. The molecular formula is C8H10N2OS. The third kappa shape index (κ3) is 1.35. The lowest BCUT2D eigenvalue weighted by Gasteiger charge is -2.03. The van der Waals surface area contributed by atoms with Gasteiger partial charge in [0.1, 0.15) is 0 Å². The molecule has 1 atom stereocenters. The zero-order chi connectivity index (χ0) is 8.39. The highest BCUT2D eigenvalue weighted by Gasteiger charge is 2.14. The molecule has 12 heavy (non-hydrogen) atoms. The summed E-state index contributed by atoms with van der Waals surface area (Å²) in [6.07, 6.45) is 4.23. The van der Waals surface area contributed by atoms with Crippen LogP contribution in [-0.2, 0) is 0 Å². The van der Waals surface area contributed by atoms with Gasteiger partial charge in [-0.15, -0.1) is 0 Å². The molecule has 0 fully saturated rings. The molecule has 1 N–H and O–H groups in total. The summed E-state index contributed by atoms with van der Waals surface area (Å²) in [5, 5.41) is 6.04. The van der Waals surface area contributed by atoms with Gasteiger partial charge in [-0.05, 0) is 0 Å². The van der Waals surface area contributed by atoms with Crippen molar-refractivity contribution in [1.82, 2.24) is 10.3 Å². The average molecular weight is 182 g/mol. The van der Waals surface area contributed by atoms with Gasteiger partial charge in [-0.25, -0.2) is 4.98 Å². The molecule has 0 saturated carbocycles. The van der Waals surface area contributed by atoms with Gasteiger partial charge in [0.25, 0.3) is 5.19 Å². The summed E-state index contributed by atoms with van der Waals surface area (Å²) in [7, 11) is 1.64. The fraction of sp³-hybridized carbons (Fsp3) is 0.375. The van der Waals surface area contributed by atoms with Gasteiger partial charge in [-0.1, -0.05) is 23.5 Å². The van der Waals surface area contributed by atoms with Gasteiger partial charge in [0, 0.05) is 11.9 Å². The molecule has 0 radical (unpaired) electrons. The van der Waals surface area contributed by atoms with Crippen molar-refractivity contribution in [2.45, 2.75) is 6.04 Å². The minimum absolute atomic E-state index is 0.283. The molecule has 1 aliphatic rings. The van der Waals surface area contributed by atoms with Gasteiger partial charge in [-0.2, -0.15) is 0 Å². The highest BCUT2D eigenvalue weighted by Crippen LogP contribution is 2.24. The first-order valence-corrected chi connectivity index (χ1v) is 4.67. The monoisotopic (exact) mass is 182 g/mol. The molecule has 1 aromatic rings. The molecule has 0 amide bonds. The van der Waals surface area contributed by atoms with Crippen molar-refractivity contribution < 1.29 is 4.74 Å². The van der Waals surface area contributed by atoms with Crippen LogP contribution in [0.1, 0.15) is 11.7 Å². The molecule has 3 nitrogen and oxygen atoms in total. The number of ether oxygens (including phenoxy) is 1. The van der Waals surface area contributed by atoms with E-state index >= 15 is 0 Å². The molecule has 1 aliphatic heterocycles. The van der Waals surface area contributed by atoms with Gasteiger partial charge >= 0.3 is 0 Å². The molecule has 0 spiro atoms. The molecule has 0 aromatic carbocycles. The van der Waals surface area contributed by atoms with Crippen molar-refractivity contribution in [3.63, 3.8) is 0 Å². The van der Waals surface area contributed by atoms with Crippen LogP contribution in [0.4, 0.5) is 0 Å². The predicted octanol–water partition coefficient (Wildman–Crippen LogP) is 1.35. The van der Waals surface area contributed by atoms with Crippen molar-refractivity contribution in [2.24, 2.45) is 0 Å². The van der Waals surface area contributed by atoms with E-state index in [0.29, 0.717) is 0 Å². The lowest BCUT2D eigenvalue weighted by Crippen LogP contribution is -2.13. The molecule has 0 bridgehead atoms. The third-order valence-electron chi connectivity index (χ3n) is 1.78.